The molecule has 3 nitrogen and oxygen atoms in total. The molecule has 0 fully saturated rings. The van der Waals surface area contributed by atoms with Gasteiger partial charge in [-0.25, -0.2) is 4.39 Å². The summed E-state index contributed by atoms with van der Waals surface area (Å²) in [6, 6.07) is 11.0. The van der Waals surface area contributed by atoms with Crippen LogP contribution in [0.25, 0.3) is 0 Å². The molecule has 98 valence electrons. The van der Waals surface area contributed by atoms with E-state index in [2.05, 4.69) is 0 Å². The number of nitrogens with zero attached hydrogens (tertiary/aromatic N) is 1. The van der Waals surface area contributed by atoms with Crippen molar-refractivity contribution in [2.24, 2.45) is 0 Å². The van der Waals surface area contributed by atoms with E-state index >= 15 is 0 Å². The zero-order chi connectivity index (χ0) is 14.0. The molecule has 0 heterocycles. The Bertz CT molecular complexity index is 610. The van der Waals surface area contributed by atoms with Crippen molar-refractivity contribution in [3.05, 3.63) is 58.9 Å². The minimum absolute atomic E-state index is 0.0753. The first kappa shape index (κ1) is 13.4. The maximum absolute atomic E-state index is 13.7. The minimum Gasteiger partial charge on any atom is -0.397 e. The lowest BCUT2D eigenvalue weighted by Gasteiger charge is -2.20. The minimum atomic E-state index is -0.654. The average Bonchev–Trinajstić information content (AvgIpc) is 2.38. The fourth-order valence-electron chi connectivity index (χ4n) is 1.77. The molecule has 0 aliphatic rings. The molecule has 0 atom stereocenters. The summed E-state index contributed by atoms with van der Waals surface area (Å²) in [6.45, 7) is 0. The summed E-state index contributed by atoms with van der Waals surface area (Å²) < 4.78 is 13.7. The van der Waals surface area contributed by atoms with Gasteiger partial charge in [-0.1, -0.05) is 29.8 Å². The summed E-state index contributed by atoms with van der Waals surface area (Å²) in [5.74, 6) is -1.19. The van der Waals surface area contributed by atoms with E-state index in [9.17, 15) is 9.18 Å². The van der Waals surface area contributed by atoms with E-state index in [1.807, 2.05) is 0 Å². The summed E-state index contributed by atoms with van der Waals surface area (Å²) in [5.41, 5.74) is 6.58. The number of carbonyl (C=O) groups excluding carboxylic acids is 1. The molecule has 2 aromatic rings. The summed E-state index contributed by atoms with van der Waals surface area (Å²) in [7, 11) is 1.52. The van der Waals surface area contributed by atoms with Gasteiger partial charge in [0.15, 0.2) is 0 Å². The standard InChI is InChI=1S/C14H12ClFN2O/c1-18(12-8-3-2-7-11(12)17)14(19)13-9(15)5-4-6-10(13)16/h2-8H,17H2,1H3. The van der Waals surface area contributed by atoms with Crippen LogP contribution in [0.5, 0.6) is 0 Å². The van der Waals surface area contributed by atoms with Gasteiger partial charge in [-0.05, 0) is 24.3 Å². The Balaban J connectivity index is 2.43. The van der Waals surface area contributed by atoms with Gasteiger partial charge in [0, 0.05) is 7.05 Å². The fraction of sp³-hybridized carbons (Fsp3) is 0.0714. The predicted molar refractivity (Wildman–Crippen MR) is 75.0 cm³/mol. The van der Waals surface area contributed by atoms with Gasteiger partial charge in [0.05, 0.1) is 22.0 Å². The van der Waals surface area contributed by atoms with E-state index in [1.54, 1.807) is 24.3 Å². The van der Waals surface area contributed by atoms with Crippen LogP contribution in [0.1, 0.15) is 10.4 Å². The van der Waals surface area contributed by atoms with Crippen LogP contribution in [0.15, 0.2) is 42.5 Å². The van der Waals surface area contributed by atoms with Gasteiger partial charge in [0.1, 0.15) is 5.82 Å². The van der Waals surface area contributed by atoms with E-state index in [4.69, 9.17) is 17.3 Å². The molecule has 0 spiro atoms. The Hall–Kier alpha value is -2.07. The molecule has 0 aromatic heterocycles. The summed E-state index contributed by atoms with van der Waals surface area (Å²) in [4.78, 5) is 13.6. The largest absolute Gasteiger partial charge is 0.397 e. The van der Waals surface area contributed by atoms with E-state index < -0.39 is 11.7 Å². The third-order valence-electron chi connectivity index (χ3n) is 2.78. The summed E-state index contributed by atoms with van der Waals surface area (Å²) >= 11 is 5.88. The number of halogens is 2. The zero-order valence-corrected chi connectivity index (χ0v) is 11.0. The van der Waals surface area contributed by atoms with Crippen molar-refractivity contribution < 1.29 is 9.18 Å². The monoisotopic (exact) mass is 278 g/mol. The molecular formula is C14H12ClFN2O. The number of nitrogen functional groups attached to an aromatic ring is 1. The Kier molecular flexibility index (Phi) is 3.71. The lowest BCUT2D eigenvalue weighted by molar-refractivity contribution is 0.0989. The van der Waals surface area contributed by atoms with Crippen LogP contribution in [0.2, 0.25) is 5.02 Å². The van der Waals surface area contributed by atoms with Crippen LogP contribution in [0.4, 0.5) is 15.8 Å². The second kappa shape index (κ2) is 5.28. The molecule has 19 heavy (non-hydrogen) atoms. The van der Waals surface area contributed by atoms with Crippen molar-refractivity contribution in [2.75, 3.05) is 17.7 Å². The number of nitrogens with two attached hydrogens (primary N) is 1. The van der Waals surface area contributed by atoms with Gasteiger partial charge in [0.2, 0.25) is 0 Å². The Morgan fingerprint density at radius 2 is 1.89 bits per heavy atom. The molecule has 2 N–H and O–H groups in total. The number of rotatable bonds is 2. The maximum Gasteiger partial charge on any atom is 0.262 e. The third-order valence-corrected chi connectivity index (χ3v) is 3.09. The van der Waals surface area contributed by atoms with Crippen molar-refractivity contribution >= 4 is 28.9 Å². The smallest absolute Gasteiger partial charge is 0.262 e. The first-order chi connectivity index (χ1) is 9.02. The molecule has 0 saturated carbocycles. The average molecular weight is 279 g/mol. The van der Waals surface area contributed by atoms with Crippen LogP contribution < -0.4 is 10.6 Å². The van der Waals surface area contributed by atoms with Crippen molar-refractivity contribution in [3.63, 3.8) is 0 Å². The molecule has 2 rings (SSSR count). The quantitative estimate of drug-likeness (QED) is 0.857. The second-order valence-corrected chi connectivity index (χ2v) is 4.43. The highest BCUT2D eigenvalue weighted by atomic mass is 35.5. The van der Waals surface area contributed by atoms with Crippen molar-refractivity contribution in [2.45, 2.75) is 0 Å². The number of benzene rings is 2. The highest BCUT2D eigenvalue weighted by molar-refractivity contribution is 6.34. The van der Waals surface area contributed by atoms with Crippen molar-refractivity contribution in [1.82, 2.24) is 0 Å². The topological polar surface area (TPSA) is 46.3 Å². The molecule has 0 aliphatic heterocycles. The van der Waals surface area contributed by atoms with Gasteiger partial charge in [-0.15, -0.1) is 0 Å². The molecule has 0 saturated heterocycles. The zero-order valence-electron chi connectivity index (χ0n) is 10.2. The molecule has 0 aliphatic carbocycles. The predicted octanol–water partition coefficient (Wildman–Crippen LogP) is 3.34. The number of amides is 1. The number of anilines is 2. The highest BCUT2D eigenvalue weighted by Crippen LogP contribution is 2.26. The molecule has 0 radical (unpaired) electrons. The molecule has 1 amide bonds. The third kappa shape index (κ3) is 2.53. The van der Waals surface area contributed by atoms with Crippen LogP contribution >= 0.6 is 11.6 Å². The van der Waals surface area contributed by atoms with Crippen LogP contribution in [-0.4, -0.2) is 13.0 Å². The molecular weight excluding hydrogens is 267 g/mol. The Labute approximate surface area is 115 Å². The molecule has 5 heteroatoms. The summed E-state index contributed by atoms with van der Waals surface area (Å²) in [5, 5.41) is 0.0753. The summed E-state index contributed by atoms with van der Waals surface area (Å²) in [6.07, 6.45) is 0. The van der Waals surface area contributed by atoms with Gasteiger partial charge in [-0.2, -0.15) is 0 Å². The molecule has 2 aromatic carbocycles. The number of hydrogen-bond acceptors (Lipinski definition) is 2. The second-order valence-electron chi connectivity index (χ2n) is 4.02. The van der Waals surface area contributed by atoms with E-state index in [1.165, 1.54) is 30.1 Å². The first-order valence-electron chi connectivity index (χ1n) is 5.59. The van der Waals surface area contributed by atoms with Gasteiger partial charge in [0.25, 0.3) is 5.91 Å². The van der Waals surface area contributed by atoms with E-state index in [0.29, 0.717) is 11.4 Å². The van der Waals surface area contributed by atoms with Crippen molar-refractivity contribution in [3.8, 4) is 0 Å². The lowest BCUT2D eigenvalue weighted by Crippen LogP contribution is -2.28. The van der Waals surface area contributed by atoms with Crippen molar-refractivity contribution in [1.29, 1.82) is 0 Å². The van der Waals surface area contributed by atoms with Crippen LogP contribution in [-0.2, 0) is 0 Å². The van der Waals surface area contributed by atoms with E-state index in [-0.39, 0.29) is 10.6 Å². The van der Waals surface area contributed by atoms with Gasteiger partial charge >= 0.3 is 0 Å². The fourth-order valence-corrected chi connectivity index (χ4v) is 2.02. The number of para-hydroxylation sites is 2. The maximum atomic E-state index is 13.7. The molecule has 0 bridgehead atoms. The Morgan fingerprint density at radius 3 is 2.53 bits per heavy atom. The Morgan fingerprint density at radius 1 is 1.21 bits per heavy atom. The van der Waals surface area contributed by atoms with Gasteiger partial charge < -0.3 is 10.6 Å². The number of hydrogen-bond donors (Lipinski definition) is 1. The highest BCUT2D eigenvalue weighted by Gasteiger charge is 2.21. The van der Waals surface area contributed by atoms with Crippen LogP contribution in [0, 0.1) is 5.82 Å². The SMILES string of the molecule is CN(C(=O)c1c(F)cccc1Cl)c1ccccc1N. The molecule has 0 unspecified atom stereocenters. The lowest BCUT2D eigenvalue weighted by atomic mass is 10.1. The van der Waals surface area contributed by atoms with Gasteiger partial charge in [-0.3, -0.25) is 4.79 Å². The first-order valence-corrected chi connectivity index (χ1v) is 5.96. The number of carbonyl (C=O) groups is 1. The normalized spacial score (nSPS) is 10.3. The van der Waals surface area contributed by atoms with E-state index in [0.717, 1.165) is 0 Å². The van der Waals surface area contributed by atoms with Crippen LogP contribution in [0.3, 0.4) is 0 Å².